The summed E-state index contributed by atoms with van der Waals surface area (Å²) in [5.74, 6) is -2.22. The Labute approximate surface area is 767 Å². The molecule has 4 saturated heterocycles. The Balaban J connectivity index is 0.000000231. The van der Waals surface area contributed by atoms with E-state index in [0.29, 0.717) is 103 Å². The number of nitrogens with one attached hydrogen (secondary N) is 3. The number of hydrazone groups is 1. The standard InChI is InChI=1S/C30H31ClFN5O4S.C23H31N5O4S.C18H17ClFN5.C7H3Cl2FO.C4H5ClO3.C4H8O.2ClH/c1-19-5-8-22(9-6-19)42(39,40)37-28(23-10-7-21(31)17-24(23)32)26(25-11-14-33-18-34-25)27(35-37)20-12-15-36(16-13-20)29(38)41-30(2,3)4;1-17-5-7-20(8-6-17)33(30,31)27-26-21(15-19-9-12-24-16-25-19)18-10-13-28(14-11-18)22(29)32-23(2,3)4;19-12-1-2-13(14(20)9-12)18-16(15-5-8-22-10-23-15)17(24-25-18)11-3-6-21-7-4-11;8-4-1-2-5(7(9)11)6(10)3-4;1-3(6)8-2-4(5)7;1-2-4-5-3-1;;/h5-11,14,17-18,20H,12-13,15-16H2,1-4H3;5-9,12,16,18,27H,10-11,13-15H2,1-4H3;1-2,5,8-11,21H,3-4,6-7H2,(H,24,25);1-3H;2H2,1H3;1-4H2;2*1H/b;26-21+;;;;;;. The number of halogens is 10. The summed E-state index contributed by atoms with van der Waals surface area (Å²) in [6.07, 6.45) is 15.6. The van der Waals surface area contributed by atoms with Crippen molar-refractivity contribution < 1.29 is 72.9 Å². The number of benzene rings is 5. The highest BCUT2D eigenvalue weighted by Crippen LogP contribution is 2.44. The summed E-state index contributed by atoms with van der Waals surface area (Å²) in [6.45, 7) is 21.2. The highest BCUT2D eigenvalue weighted by Gasteiger charge is 2.38. The van der Waals surface area contributed by atoms with Crippen molar-refractivity contribution in [2.75, 3.05) is 59.1 Å². The molecule has 676 valence electrons. The van der Waals surface area contributed by atoms with Gasteiger partial charge in [-0.3, -0.25) is 19.5 Å². The van der Waals surface area contributed by atoms with Gasteiger partial charge in [0.15, 0.2) is 6.61 Å². The second kappa shape index (κ2) is 48.4. The van der Waals surface area contributed by atoms with Gasteiger partial charge in [-0.1, -0.05) is 70.2 Å². The van der Waals surface area contributed by atoms with Crippen LogP contribution in [0.25, 0.3) is 45.0 Å². The topological polar surface area (TPSA) is 357 Å². The molecule has 4 aliphatic rings. The van der Waals surface area contributed by atoms with Crippen molar-refractivity contribution in [3.05, 3.63) is 225 Å². The molecule has 3 N–H and O–H groups in total. The maximum absolute atomic E-state index is 15.6. The first-order valence-corrected chi connectivity index (χ1v) is 44.2. The van der Waals surface area contributed by atoms with Gasteiger partial charge in [-0.15, -0.1) is 24.8 Å². The lowest BCUT2D eigenvalue weighted by Gasteiger charge is -2.33. The van der Waals surface area contributed by atoms with E-state index < -0.39 is 71.2 Å². The molecule has 0 saturated carbocycles. The van der Waals surface area contributed by atoms with E-state index in [2.05, 4.69) is 65.2 Å². The third-order valence-corrected chi connectivity index (χ3v) is 23.0. The van der Waals surface area contributed by atoms with E-state index in [-0.39, 0.29) is 86.0 Å². The fourth-order valence-electron chi connectivity index (χ4n) is 13.1. The molecule has 0 radical (unpaired) electrons. The minimum absolute atomic E-state index is 0. The second-order valence-corrected chi connectivity index (χ2v) is 36.3. The number of aromatic nitrogens is 10. The van der Waals surface area contributed by atoms with Crippen LogP contribution in [0.1, 0.15) is 150 Å². The number of carbonyl (C=O) groups is 5. The Hall–Kier alpha value is -9.78. The quantitative estimate of drug-likeness (QED) is 0.0251. The van der Waals surface area contributed by atoms with Crippen LogP contribution in [-0.4, -0.2) is 181 Å². The average Bonchev–Trinajstić information content (AvgIpc) is 1.58. The summed E-state index contributed by atoms with van der Waals surface area (Å²) in [5.41, 5.74) is 6.75. The summed E-state index contributed by atoms with van der Waals surface area (Å²) in [4.78, 5) is 86.1. The van der Waals surface area contributed by atoms with E-state index in [1.54, 1.807) is 82.9 Å². The number of esters is 1. The van der Waals surface area contributed by atoms with Gasteiger partial charge in [0.05, 0.1) is 43.7 Å². The van der Waals surface area contributed by atoms with Crippen LogP contribution in [0.5, 0.6) is 0 Å². The van der Waals surface area contributed by atoms with E-state index in [1.165, 1.54) is 87.4 Å². The van der Waals surface area contributed by atoms with Gasteiger partial charge in [-0.25, -0.2) is 57.5 Å². The van der Waals surface area contributed by atoms with Crippen molar-refractivity contribution in [2.24, 2.45) is 11.0 Å². The molecule has 0 aliphatic carbocycles. The molecule has 14 rings (SSSR count). The number of hydrogen-bond acceptors (Lipinski definition) is 23. The van der Waals surface area contributed by atoms with Crippen molar-refractivity contribution >= 4 is 137 Å². The molecule has 0 atom stereocenters. The predicted octanol–water partition coefficient (Wildman–Crippen LogP) is 18.4. The first-order valence-electron chi connectivity index (χ1n) is 39.4. The van der Waals surface area contributed by atoms with Crippen LogP contribution in [-0.2, 0) is 55.0 Å². The molecule has 2 amide bonds. The lowest BCUT2D eigenvalue weighted by atomic mass is 9.89. The van der Waals surface area contributed by atoms with Crippen LogP contribution in [0.15, 0.2) is 174 Å². The molecule has 28 nitrogen and oxygen atoms in total. The Kier molecular flexibility index (Phi) is 39.7. The summed E-state index contributed by atoms with van der Waals surface area (Å²) < 4.78 is 118. The molecule has 126 heavy (non-hydrogen) atoms. The number of aryl methyl sites for hydroxylation is 2. The molecule has 4 fully saturated rings. The molecule has 10 aromatic rings. The maximum atomic E-state index is 15.6. The number of likely N-dealkylation sites (tertiary alicyclic amines) is 2. The number of amides is 2. The van der Waals surface area contributed by atoms with Gasteiger partial charge in [0, 0.05) is 138 Å². The van der Waals surface area contributed by atoms with E-state index in [9.17, 15) is 49.6 Å². The monoisotopic (exact) mass is 1910 g/mol. The predicted molar refractivity (Wildman–Crippen MR) is 481 cm³/mol. The second-order valence-electron chi connectivity index (χ2n) is 30.8. The van der Waals surface area contributed by atoms with Crippen molar-refractivity contribution in [3.8, 4) is 45.0 Å². The summed E-state index contributed by atoms with van der Waals surface area (Å²) in [7, 11) is -8.08. The molecule has 5 aromatic heterocycles. The number of aromatic amines is 1. The molecule has 0 bridgehead atoms. The van der Waals surface area contributed by atoms with Crippen LogP contribution in [0.2, 0.25) is 15.1 Å². The zero-order valence-corrected chi connectivity index (χ0v) is 77.3. The largest absolute Gasteiger partial charge is 0.456 e. The SMILES string of the molecule is C1CCOC1.CC(=O)OCC(=O)Cl.Cc1ccc(S(=O)(=O)N/N=C(\Cc2ccncn2)C2CCN(C(=O)OC(C)(C)C)CC2)cc1.Cc1ccc(S(=O)(=O)n2nc(C3CCN(C(=O)OC(C)(C)C)CC3)c(-c3ccncn3)c2-c2ccc(Cl)cc2F)cc1.Cl.Cl.Fc1cc(Cl)ccc1-c1n[nH]c(C2CCNCC2)c1-c1ccncn1.O=C(Cl)c1ccc(Cl)cc1F. The fraction of sp³-hybridized carbons (Fsp3) is 0.372. The number of H-pyrrole nitrogens is 1. The molecule has 9 heterocycles. The van der Waals surface area contributed by atoms with Gasteiger partial charge in [-0.2, -0.15) is 36.2 Å². The third kappa shape index (κ3) is 30.7. The first kappa shape index (κ1) is 103. The van der Waals surface area contributed by atoms with Crippen LogP contribution in [0.4, 0.5) is 22.8 Å². The normalized spacial score (nSPS) is 14.4. The Morgan fingerprint density at radius 3 is 1.52 bits per heavy atom. The molecule has 4 aliphatic heterocycles. The van der Waals surface area contributed by atoms with Crippen LogP contribution >= 0.6 is 82.8 Å². The number of sulfonamides is 1. The highest BCUT2D eigenvalue weighted by atomic mass is 35.5. The summed E-state index contributed by atoms with van der Waals surface area (Å²) >= 11 is 27.2. The minimum Gasteiger partial charge on any atom is -0.456 e. The fourth-order valence-corrected chi connectivity index (χ4v) is 15.9. The van der Waals surface area contributed by atoms with Crippen LogP contribution in [0.3, 0.4) is 0 Å². The van der Waals surface area contributed by atoms with Gasteiger partial charge in [0.25, 0.3) is 30.5 Å². The minimum atomic E-state index is -4.28. The molecule has 0 spiro atoms. The first-order chi connectivity index (χ1) is 58.9. The van der Waals surface area contributed by atoms with Gasteiger partial charge >= 0.3 is 18.2 Å². The summed E-state index contributed by atoms with van der Waals surface area (Å²) in [6, 6.07) is 30.6. The molecular formula is C86H97Cl7F3N15O13S2. The van der Waals surface area contributed by atoms with Crippen molar-refractivity contribution in [1.29, 1.82) is 0 Å². The molecule has 5 aromatic carbocycles. The van der Waals surface area contributed by atoms with Gasteiger partial charge in [0.2, 0.25) is 0 Å². The van der Waals surface area contributed by atoms with E-state index >= 15 is 4.39 Å². The lowest BCUT2D eigenvalue weighted by molar-refractivity contribution is -0.143. The van der Waals surface area contributed by atoms with Crippen molar-refractivity contribution in [2.45, 2.75) is 153 Å². The molecule has 0 unspecified atom stereocenters. The third-order valence-electron chi connectivity index (χ3n) is 19.2. The highest BCUT2D eigenvalue weighted by molar-refractivity contribution is 7.90. The summed E-state index contributed by atoms with van der Waals surface area (Å²) in [5, 5.41) is 19.2. The van der Waals surface area contributed by atoms with Gasteiger partial charge in [-0.05, 0) is 240 Å². The molecular weight excluding hydrogens is 1820 g/mol. The van der Waals surface area contributed by atoms with Gasteiger partial charge in [0.1, 0.15) is 53.3 Å². The Morgan fingerprint density at radius 1 is 0.595 bits per heavy atom. The average molecular weight is 1920 g/mol. The molecule has 40 heteroatoms. The Morgan fingerprint density at radius 2 is 1.08 bits per heavy atom. The zero-order valence-electron chi connectivity index (χ0n) is 70.3. The van der Waals surface area contributed by atoms with Crippen molar-refractivity contribution in [1.82, 2.24) is 69.2 Å². The van der Waals surface area contributed by atoms with E-state index in [1.807, 2.05) is 61.5 Å². The maximum Gasteiger partial charge on any atom is 0.410 e. The number of carbonyl (C=O) groups excluding carboxylic acids is 5. The zero-order chi connectivity index (χ0) is 90.1. The smallest absolute Gasteiger partial charge is 0.410 e. The Bertz CT molecular complexity index is 5530. The van der Waals surface area contributed by atoms with Crippen LogP contribution in [0, 0.1) is 37.2 Å². The number of piperidine rings is 3. The number of rotatable bonds is 17. The number of hydrogen-bond donors (Lipinski definition) is 3. The van der Waals surface area contributed by atoms with Gasteiger partial charge < -0.3 is 34.1 Å². The van der Waals surface area contributed by atoms with Crippen LogP contribution < -0.4 is 10.1 Å². The number of ether oxygens (including phenoxy) is 4. The van der Waals surface area contributed by atoms with E-state index in [4.69, 9.17) is 72.2 Å². The van der Waals surface area contributed by atoms with Crippen molar-refractivity contribution in [3.63, 3.8) is 0 Å². The number of nitrogens with zero attached hydrogens (tertiary/aromatic N) is 12. The lowest BCUT2D eigenvalue weighted by Crippen LogP contribution is -2.43. The van der Waals surface area contributed by atoms with E-state index in [0.717, 1.165) is 89.1 Å².